The Morgan fingerprint density at radius 3 is 2.79 bits per heavy atom. The second-order valence-electron chi connectivity index (χ2n) is 4.55. The van der Waals surface area contributed by atoms with E-state index in [9.17, 15) is 14.7 Å². The zero-order valence-electron chi connectivity index (χ0n) is 10.8. The normalized spacial score (nSPS) is 12.5. The Kier molecular flexibility index (Phi) is 5.49. The van der Waals surface area contributed by atoms with E-state index in [0.29, 0.717) is 22.6 Å². The maximum Gasteiger partial charge on any atom is 0.283 e. The number of nitrogens with two attached hydrogens (primary N) is 1. The van der Waals surface area contributed by atoms with E-state index in [1.54, 1.807) is 0 Å². The van der Waals surface area contributed by atoms with Crippen LogP contribution in [-0.2, 0) is 11.3 Å². The Bertz CT molecular complexity index is 515. The van der Waals surface area contributed by atoms with E-state index >= 15 is 0 Å². The van der Waals surface area contributed by atoms with Crippen molar-refractivity contribution in [3.05, 3.63) is 21.0 Å². The van der Waals surface area contributed by atoms with Gasteiger partial charge in [-0.1, -0.05) is 13.8 Å². The monoisotopic (exact) mass is 332 g/mol. The van der Waals surface area contributed by atoms with Crippen molar-refractivity contribution in [3.63, 3.8) is 0 Å². The number of aliphatic hydroxyl groups excluding tert-OH is 1. The van der Waals surface area contributed by atoms with Crippen LogP contribution in [-0.4, -0.2) is 33.4 Å². The quantitative estimate of drug-likeness (QED) is 0.674. The first-order chi connectivity index (χ1) is 8.82. The van der Waals surface area contributed by atoms with E-state index in [1.807, 2.05) is 13.8 Å². The number of nitrogens with one attached hydrogen (secondary N) is 1. The summed E-state index contributed by atoms with van der Waals surface area (Å²) >= 11 is 3.17. The number of hydrogen-bond donors (Lipinski definition) is 3. The molecule has 0 aliphatic heterocycles. The molecule has 0 aliphatic carbocycles. The molecule has 0 saturated carbocycles. The second-order valence-corrected chi connectivity index (χ2v) is 5.35. The molecule has 1 atom stereocenters. The predicted octanol–water partition coefficient (Wildman–Crippen LogP) is -0.0801. The van der Waals surface area contributed by atoms with Gasteiger partial charge in [0.15, 0.2) is 0 Å². The fourth-order valence-corrected chi connectivity index (χ4v) is 1.82. The van der Waals surface area contributed by atoms with Gasteiger partial charge in [-0.05, 0) is 21.8 Å². The number of halogens is 1. The molecule has 4 N–H and O–H groups in total. The molecule has 1 heterocycles. The summed E-state index contributed by atoms with van der Waals surface area (Å²) in [6.45, 7) is 4.40. The number of rotatable bonds is 6. The highest BCUT2D eigenvalue weighted by Crippen LogP contribution is 2.16. The minimum Gasteiger partial charge on any atom is -0.381 e. The lowest BCUT2D eigenvalue weighted by Crippen LogP contribution is -2.35. The summed E-state index contributed by atoms with van der Waals surface area (Å²) in [5.74, 6) is -0.530. The maximum absolute atomic E-state index is 12.0. The summed E-state index contributed by atoms with van der Waals surface area (Å²) in [6, 6.07) is 0. The molecule has 1 aromatic heterocycles. The van der Waals surface area contributed by atoms with Gasteiger partial charge >= 0.3 is 0 Å². The van der Waals surface area contributed by atoms with Gasteiger partial charge in [0, 0.05) is 13.1 Å². The smallest absolute Gasteiger partial charge is 0.283 e. The molecule has 1 unspecified atom stereocenters. The van der Waals surface area contributed by atoms with Crippen LogP contribution < -0.4 is 16.6 Å². The van der Waals surface area contributed by atoms with Gasteiger partial charge in [0.1, 0.15) is 10.6 Å². The number of carbonyl (C=O) groups excluding carboxylic acids is 1. The highest BCUT2D eigenvalue weighted by molar-refractivity contribution is 9.10. The molecule has 0 spiro atoms. The second kappa shape index (κ2) is 6.67. The SMILES string of the molecule is CC(C)Cn1ncc(NCC(O)C(N)=O)c(Br)c1=O. The molecule has 0 aromatic carbocycles. The van der Waals surface area contributed by atoms with Gasteiger partial charge in [0.25, 0.3) is 5.56 Å². The first kappa shape index (κ1) is 15.6. The molecule has 7 nitrogen and oxygen atoms in total. The summed E-state index contributed by atoms with van der Waals surface area (Å²) in [4.78, 5) is 22.6. The highest BCUT2D eigenvalue weighted by Gasteiger charge is 2.13. The Morgan fingerprint density at radius 2 is 2.26 bits per heavy atom. The van der Waals surface area contributed by atoms with E-state index < -0.39 is 12.0 Å². The molecule has 0 fully saturated rings. The average molecular weight is 333 g/mol. The maximum atomic E-state index is 12.0. The third-order valence-corrected chi connectivity index (χ3v) is 3.10. The summed E-state index contributed by atoms with van der Waals surface area (Å²) in [6.07, 6.45) is 0.145. The first-order valence-corrected chi connectivity index (χ1v) is 6.59. The average Bonchev–Trinajstić information content (AvgIpc) is 2.33. The lowest BCUT2D eigenvalue weighted by molar-refractivity contribution is -0.125. The Hall–Kier alpha value is -1.41. The molecular formula is C11H17BrN4O3. The van der Waals surface area contributed by atoms with Crippen molar-refractivity contribution in [1.29, 1.82) is 0 Å². The Labute approximate surface area is 118 Å². The highest BCUT2D eigenvalue weighted by atomic mass is 79.9. The number of hydrogen-bond acceptors (Lipinski definition) is 5. The number of amides is 1. The molecule has 8 heteroatoms. The van der Waals surface area contributed by atoms with Crippen molar-refractivity contribution in [1.82, 2.24) is 9.78 Å². The van der Waals surface area contributed by atoms with Gasteiger partial charge in [-0.3, -0.25) is 9.59 Å². The molecule has 1 aromatic rings. The van der Waals surface area contributed by atoms with Crippen LogP contribution in [0.1, 0.15) is 13.8 Å². The number of aromatic nitrogens is 2. The molecule has 0 radical (unpaired) electrons. The van der Waals surface area contributed by atoms with Gasteiger partial charge in [-0.25, -0.2) is 4.68 Å². The van der Waals surface area contributed by atoms with E-state index in [1.165, 1.54) is 10.9 Å². The van der Waals surface area contributed by atoms with Gasteiger partial charge < -0.3 is 16.2 Å². The van der Waals surface area contributed by atoms with Crippen molar-refractivity contribution >= 4 is 27.5 Å². The molecule has 0 aliphatic rings. The van der Waals surface area contributed by atoms with E-state index in [-0.39, 0.29) is 12.1 Å². The van der Waals surface area contributed by atoms with Gasteiger partial charge in [-0.2, -0.15) is 5.10 Å². The molecule has 0 saturated heterocycles. The van der Waals surface area contributed by atoms with Crippen molar-refractivity contribution in [3.8, 4) is 0 Å². The topological polar surface area (TPSA) is 110 Å². The van der Waals surface area contributed by atoms with Gasteiger partial charge in [0.2, 0.25) is 5.91 Å². The first-order valence-electron chi connectivity index (χ1n) is 5.79. The fourth-order valence-electron chi connectivity index (χ4n) is 1.37. The van der Waals surface area contributed by atoms with Crippen molar-refractivity contribution in [2.75, 3.05) is 11.9 Å². The van der Waals surface area contributed by atoms with Crippen LogP contribution in [0, 0.1) is 5.92 Å². The van der Waals surface area contributed by atoms with E-state index in [4.69, 9.17) is 5.73 Å². The standard InChI is InChI=1S/C11H17BrN4O3/c1-6(2)5-16-11(19)9(12)7(3-15-16)14-4-8(17)10(13)18/h3,6,8,14,17H,4-5H2,1-2H3,(H2,13,18). The predicted molar refractivity (Wildman–Crippen MR) is 74.7 cm³/mol. The lowest BCUT2D eigenvalue weighted by atomic mass is 10.2. The Balaban J connectivity index is 2.85. The number of nitrogens with zero attached hydrogens (tertiary/aromatic N) is 2. The number of primary amides is 1. The zero-order valence-corrected chi connectivity index (χ0v) is 12.3. The van der Waals surface area contributed by atoms with Crippen molar-refractivity contribution in [2.45, 2.75) is 26.5 Å². The van der Waals surface area contributed by atoms with Crippen LogP contribution >= 0.6 is 15.9 Å². The number of aliphatic hydroxyl groups is 1. The van der Waals surface area contributed by atoms with Crippen LogP contribution in [0.25, 0.3) is 0 Å². The molecule has 1 amide bonds. The van der Waals surface area contributed by atoms with Crippen molar-refractivity contribution < 1.29 is 9.90 Å². The van der Waals surface area contributed by atoms with E-state index in [2.05, 4.69) is 26.3 Å². The van der Waals surface area contributed by atoms with Gasteiger partial charge in [0.05, 0.1) is 11.9 Å². The van der Waals surface area contributed by atoms with Crippen molar-refractivity contribution in [2.24, 2.45) is 11.7 Å². The summed E-state index contributed by atoms with van der Waals surface area (Å²) < 4.78 is 1.66. The summed E-state index contributed by atoms with van der Waals surface area (Å²) in [7, 11) is 0. The molecular weight excluding hydrogens is 316 g/mol. The minimum absolute atomic E-state index is 0.0801. The van der Waals surface area contributed by atoms with Gasteiger partial charge in [-0.15, -0.1) is 0 Å². The third kappa shape index (κ3) is 4.32. The van der Waals surface area contributed by atoms with Crippen LogP contribution in [0.2, 0.25) is 0 Å². The zero-order chi connectivity index (χ0) is 14.6. The number of carbonyl (C=O) groups is 1. The van der Waals surface area contributed by atoms with E-state index in [0.717, 1.165) is 0 Å². The largest absolute Gasteiger partial charge is 0.381 e. The Morgan fingerprint density at radius 1 is 1.63 bits per heavy atom. The third-order valence-electron chi connectivity index (χ3n) is 2.34. The van der Waals surface area contributed by atoms with Crippen LogP contribution in [0.4, 0.5) is 5.69 Å². The number of anilines is 1. The fraction of sp³-hybridized carbons (Fsp3) is 0.545. The van der Waals surface area contributed by atoms with Crippen LogP contribution in [0.15, 0.2) is 15.5 Å². The summed E-state index contributed by atoms with van der Waals surface area (Å²) in [5.41, 5.74) is 5.06. The molecule has 19 heavy (non-hydrogen) atoms. The van der Waals surface area contributed by atoms with Crippen LogP contribution in [0.3, 0.4) is 0 Å². The van der Waals surface area contributed by atoms with Crippen LogP contribution in [0.5, 0.6) is 0 Å². The molecule has 1 rings (SSSR count). The lowest BCUT2D eigenvalue weighted by Gasteiger charge is -2.13. The minimum atomic E-state index is -1.31. The molecule has 106 valence electrons. The summed E-state index contributed by atoms with van der Waals surface area (Å²) in [5, 5.41) is 16.0. The molecule has 0 bridgehead atoms.